The Bertz CT molecular complexity index is 642. The van der Waals surface area contributed by atoms with E-state index in [1.165, 1.54) is 17.3 Å². The van der Waals surface area contributed by atoms with Gasteiger partial charge in [0, 0.05) is 25.2 Å². The lowest BCUT2D eigenvalue weighted by molar-refractivity contribution is -0.114. The molecule has 1 unspecified atom stereocenters. The number of nitrogens with one attached hydrogen (secondary N) is 1. The summed E-state index contributed by atoms with van der Waals surface area (Å²) in [6, 6.07) is 4.45. The van der Waals surface area contributed by atoms with Crippen LogP contribution < -0.4 is 5.32 Å². The molecule has 1 amide bonds. The number of carbonyl (C=O) groups excluding carboxylic acids is 1. The van der Waals surface area contributed by atoms with Gasteiger partial charge in [0.05, 0.1) is 11.5 Å². The molecule has 6 nitrogen and oxygen atoms in total. The Kier molecular flexibility index (Phi) is 4.65. The number of rotatable bonds is 4. The SMILES string of the molecule is CC(=O)Nc1ccc(C)c(S(=O)(=O)N2CCCC2CO)c1. The lowest BCUT2D eigenvalue weighted by Gasteiger charge is -2.23. The van der Waals surface area contributed by atoms with Crippen LogP contribution in [0.1, 0.15) is 25.3 Å². The number of aliphatic hydroxyl groups is 1. The number of aryl methyl sites for hydroxylation is 1. The first-order valence-corrected chi connectivity index (χ1v) is 8.31. The maximum Gasteiger partial charge on any atom is 0.243 e. The van der Waals surface area contributed by atoms with Crippen LogP contribution in [0.5, 0.6) is 0 Å². The third-order valence-corrected chi connectivity index (χ3v) is 5.72. The largest absolute Gasteiger partial charge is 0.395 e. The average Bonchev–Trinajstić information content (AvgIpc) is 2.89. The van der Waals surface area contributed by atoms with E-state index in [0.29, 0.717) is 24.2 Å². The standard InChI is InChI=1S/C14H20N2O4S/c1-10-5-6-12(15-11(2)18)8-14(10)21(19,20)16-7-3-4-13(16)9-17/h5-6,8,13,17H,3-4,7,9H2,1-2H3,(H,15,18). The van der Waals surface area contributed by atoms with Gasteiger partial charge in [-0.25, -0.2) is 8.42 Å². The van der Waals surface area contributed by atoms with E-state index < -0.39 is 10.0 Å². The second-order valence-electron chi connectivity index (χ2n) is 5.26. The summed E-state index contributed by atoms with van der Waals surface area (Å²) < 4.78 is 26.9. The molecule has 2 N–H and O–H groups in total. The number of sulfonamides is 1. The van der Waals surface area contributed by atoms with Gasteiger partial charge in [0.2, 0.25) is 15.9 Å². The van der Waals surface area contributed by atoms with E-state index in [4.69, 9.17) is 0 Å². The molecule has 116 valence electrons. The first-order chi connectivity index (χ1) is 9.86. The topological polar surface area (TPSA) is 86.7 Å². The van der Waals surface area contributed by atoms with Crippen LogP contribution in [0.2, 0.25) is 0 Å². The minimum Gasteiger partial charge on any atom is -0.395 e. The summed E-state index contributed by atoms with van der Waals surface area (Å²) in [6.45, 7) is 3.33. The Morgan fingerprint density at radius 3 is 2.81 bits per heavy atom. The van der Waals surface area contributed by atoms with Crippen LogP contribution in [0.4, 0.5) is 5.69 Å². The first-order valence-electron chi connectivity index (χ1n) is 6.87. The molecule has 21 heavy (non-hydrogen) atoms. The summed E-state index contributed by atoms with van der Waals surface area (Å²) in [5.74, 6) is -0.253. The van der Waals surface area contributed by atoms with Crippen LogP contribution in [0.3, 0.4) is 0 Å². The predicted octanol–water partition coefficient (Wildman–Crippen LogP) is 1.10. The highest BCUT2D eigenvalue weighted by atomic mass is 32.2. The maximum absolute atomic E-state index is 12.8. The van der Waals surface area contributed by atoms with Crippen LogP contribution in [0, 0.1) is 6.92 Å². The van der Waals surface area contributed by atoms with Crippen molar-refractivity contribution in [2.24, 2.45) is 0 Å². The summed E-state index contributed by atoms with van der Waals surface area (Å²) >= 11 is 0. The monoisotopic (exact) mass is 312 g/mol. The minimum absolute atomic E-state index is 0.175. The Labute approximate surface area is 124 Å². The van der Waals surface area contributed by atoms with Gasteiger partial charge < -0.3 is 10.4 Å². The number of amides is 1. The Hall–Kier alpha value is -1.44. The zero-order valence-electron chi connectivity index (χ0n) is 12.2. The summed E-state index contributed by atoms with van der Waals surface area (Å²) in [7, 11) is -3.67. The molecule has 0 spiro atoms. The van der Waals surface area contributed by atoms with Crippen molar-refractivity contribution in [2.75, 3.05) is 18.5 Å². The van der Waals surface area contributed by atoms with E-state index in [1.807, 2.05) is 0 Å². The summed E-state index contributed by atoms with van der Waals surface area (Å²) in [5.41, 5.74) is 1.07. The molecule has 1 atom stereocenters. The highest BCUT2D eigenvalue weighted by molar-refractivity contribution is 7.89. The molecule has 0 radical (unpaired) electrons. The molecule has 2 rings (SSSR count). The van der Waals surface area contributed by atoms with Crippen LogP contribution in [0.15, 0.2) is 23.1 Å². The number of aliphatic hydroxyl groups excluding tert-OH is 1. The van der Waals surface area contributed by atoms with Crippen LogP contribution >= 0.6 is 0 Å². The van der Waals surface area contributed by atoms with Crippen molar-refractivity contribution in [3.8, 4) is 0 Å². The molecule has 1 aliphatic heterocycles. The average molecular weight is 312 g/mol. The quantitative estimate of drug-likeness (QED) is 0.871. The van der Waals surface area contributed by atoms with Crippen LogP contribution in [-0.2, 0) is 14.8 Å². The van der Waals surface area contributed by atoms with Crippen LogP contribution in [-0.4, -0.2) is 42.9 Å². The summed E-state index contributed by atoms with van der Waals surface area (Å²) in [5, 5.41) is 11.9. The second kappa shape index (κ2) is 6.13. The van der Waals surface area contributed by atoms with Crippen molar-refractivity contribution in [3.05, 3.63) is 23.8 Å². The molecule has 0 saturated carbocycles. The fourth-order valence-electron chi connectivity index (χ4n) is 2.59. The minimum atomic E-state index is -3.67. The first kappa shape index (κ1) is 15.9. The van der Waals surface area contributed by atoms with Crippen molar-refractivity contribution in [2.45, 2.75) is 37.6 Å². The van der Waals surface area contributed by atoms with Gasteiger partial charge in [0.15, 0.2) is 0 Å². The molecular formula is C14H20N2O4S. The van der Waals surface area contributed by atoms with E-state index in [9.17, 15) is 18.3 Å². The summed E-state index contributed by atoms with van der Waals surface area (Å²) in [6.07, 6.45) is 1.41. The lowest BCUT2D eigenvalue weighted by atomic mass is 10.2. The van der Waals surface area contributed by atoms with Crippen LogP contribution in [0.25, 0.3) is 0 Å². The molecule has 1 saturated heterocycles. The normalized spacial score (nSPS) is 19.7. The van der Waals surface area contributed by atoms with Gasteiger partial charge in [-0.3, -0.25) is 4.79 Å². The van der Waals surface area contributed by atoms with E-state index in [2.05, 4.69) is 5.32 Å². The van der Waals surface area contributed by atoms with Gasteiger partial charge in [-0.05, 0) is 37.5 Å². The second-order valence-corrected chi connectivity index (χ2v) is 7.11. The fraction of sp³-hybridized carbons (Fsp3) is 0.500. The molecule has 1 aromatic carbocycles. The smallest absolute Gasteiger partial charge is 0.243 e. The number of hydrogen-bond acceptors (Lipinski definition) is 4. The van der Waals surface area contributed by atoms with Gasteiger partial charge in [-0.2, -0.15) is 4.31 Å². The van der Waals surface area contributed by atoms with Crippen molar-refractivity contribution in [1.82, 2.24) is 4.31 Å². The number of hydrogen-bond donors (Lipinski definition) is 2. The van der Waals surface area contributed by atoms with Crippen molar-refractivity contribution in [1.29, 1.82) is 0 Å². The zero-order valence-corrected chi connectivity index (χ0v) is 13.0. The lowest BCUT2D eigenvalue weighted by Crippen LogP contribution is -2.37. The maximum atomic E-state index is 12.8. The number of nitrogens with zero attached hydrogens (tertiary/aromatic N) is 1. The van der Waals surface area contributed by atoms with E-state index >= 15 is 0 Å². The van der Waals surface area contributed by atoms with E-state index in [1.54, 1.807) is 19.1 Å². The third kappa shape index (κ3) is 3.25. The van der Waals surface area contributed by atoms with Crippen molar-refractivity contribution >= 4 is 21.6 Å². The number of carbonyl (C=O) groups is 1. The highest BCUT2D eigenvalue weighted by Crippen LogP contribution is 2.29. The van der Waals surface area contributed by atoms with Gasteiger partial charge in [-0.15, -0.1) is 0 Å². The Morgan fingerprint density at radius 2 is 2.19 bits per heavy atom. The van der Waals surface area contributed by atoms with Gasteiger partial charge in [0.1, 0.15) is 0 Å². The molecule has 1 heterocycles. The Morgan fingerprint density at radius 1 is 1.48 bits per heavy atom. The Balaban J connectivity index is 2.41. The van der Waals surface area contributed by atoms with Gasteiger partial charge in [0.25, 0.3) is 0 Å². The predicted molar refractivity (Wildman–Crippen MR) is 79.5 cm³/mol. The molecule has 0 bridgehead atoms. The van der Waals surface area contributed by atoms with Crippen molar-refractivity contribution in [3.63, 3.8) is 0 Å². The van der Waals surface area contributed by atoms with E-state index in [-0.39, 0.29) is 23.5 Å². The zero-order chi connectivity index (χ0) is 15.6. The van der Waals surface area contributed by atoms with E-state index in [0.717, 1.165) is 6.42 Å². The highest BCUT2D eigenvalue weighted by Gasteiger charge is 2.35. The molecule has 0 aromatic heterocycles. The molecule has 7 heteroatoms. The molecule has 1 fully saturated rings. The van der Waals surface area contributed by atoms with Gasteiger partial charge >= 0.3 is 0 Å². The molecular weight excluding hydrogens is 292 g/mol. The molecule has 1 aromatic rings. The summed E-state index contributed by atoms with van der Waals surface area (Å²) in [4.78, 5) is 11.3. The van der Waals surface area contributed by atoms with Crippen molar-refractivity contribution < 1.29 is 18.3 Å². The molecule has 0 aliphatic carbocycles. The molecule has 1 aliphatic rings. The fourth-order valence-corrected chi connectivity index (χ4v) is 4.53. The number of anilines is 1. The third-order valence-electron chi connectivity index (χ3n) is 3.63. The van der Waals surface area contributed by atoms with Gasteiger partial charge in [-0.1, -0.05) is 6.07 Å². The number of benzene rings is 1.